The number of aryl methyl sites for hydroxylation is 1. The van der Waals surface area contributed by atoms with Gasteiger partial charge in [-0.1, -0.05) is 11.6 Å². The minimum Gasteiger partial charge on any atom is -0.454 e. The third-order valence-corrected chi connectivity index (χ3v) is 4.87. The van der Waals surface area contributed by atoms with E-state index in [0.29, 0.717) is 34.1 Å². The number of carbonyl (C=O) groups excluding carboxylic acids is 2. The molecule has 0 aliphatic carbocycles. The molecule has 8 nitrogen and oxygen atoms in total. The number of halogens is 2. The maximum Gasteiger partial charge on any atom is 0.331 e. The molecule has 32 heavy (non-hydrogen) atoms. The zero-order valence-electron chi connectivity index (χ0n) is 16.8. The largest absolute Gasteiger partial charge is 0.454 e. The summed E-state index contributed by atoms with van der Waals surface area (Å²) in [5.74, 6) is -0.494. The molecule has 1 aliphatic rings. The number of anilines is 1. The average Bonchev–Trinajstić information content (AvgIpc) is 3.35. The van der Waals surface area contributed by atoms with Crippen molar-refractivity contribution in [3.63, 3.8) is 0 Å². The molecule has 0 atom stereocenters. The zero-order chi connectivity index (χ0) is 22.7. The molecule has 0 saturated carbocycles. The second-order valence-electron chi connectivity index (χ2n) is 6.74. The molecular formula is C22H17ClFN3O5. The topological polar surface area (TPSA) is 91.7 Å². The molecule has 2 heterocycles. The molecule has 1 amide bonds. The lowest BCUT2D eigenvalue weighted by atomic mass is 10.2. The lowest BCUT2D eigenvalue weighted by Gasteiger charge is -2.06. The Kier molecular flexibility index (Phi) is 6.09. The molecule has 0 saturated heterocycles. The van der Waals surface area contributed by atoms with Crippen molar-refractivity contribution in [2.24, 2.45) is 0 Å². The molecule has 2 aromatic carbocycles. The van der Waals surface area contributed by atoms with Gasteiger partial charge in [-0.25, -0.2) is 13.9 Å². The van der Waals surface area contributed by atoms with Crippen LogP contribution in [0.3, 0.4) is 0 Å². The van der Waals surface area contributed by atoms with Crippen LogP contribution >= 0.6 is 11.6 Å². The molecular weight excluding hydrogens is 441 g/mol. The van der Waals surface area contributed by atoms with Gasteiger partial charge in [0, 0.05) is 23.4 Å². The van der Waals surface area contributed by atoms with Crippen LogP contribution in [0.2, 0.25) is 5.15 Å². The summed E-state index contributed by atoms with van der Waals surface area (Å²) in [4.78, 5) is 24.1. The first-order valence-electron chi connectivity index (χ1n) is 9.46. The summed E-state index contributed by atoms with van der Waals surface area (Å²) in [6.45, 7) is 1.37. The normalized spacial score (nSPS) is 12.2. The lowest BCUT2D eigenvalue weighted by Crippen LogP contribution is -2.20. The summed E-state index contributed by atoms with van der Waals surface area (Å²) < 4.78 is 30.0. The fraction of sp³-hybridized carbons (Fsp3) is 0.136. The first kappa shape index (κ1) is 21.4. The van der Waals surface area contributed by atoms with Crippen LogP contribution in [0.25, 0.3) is 11.8 Å². The highest BCUT2D eigenvalue weighted by atomic mass is 35.5. The molecule has 0 fully saturated rings. The van der Waals surface area contributed by atoms with E-state index >= 15 is 0 Å². The van der Waals surface area contributed by atoms with Crippen LogP contribution in [-0.4, -0.2) is 35.1 Å². The first-order chi connectivity index (χ1) is 15.4. The highest BCUT2D eigenvalue weighted by Crippen LogP contribution is 2.34. The van der Waals surface area contributed by atoms with Crippen molar-refractivity contribution in [3.8, 4) is 17.2 Å². The number of esters is 1. The van der Waals surface area contributed by atoms with Crippen molar-refractivity contribution in [2.45, 2.75) is 6.92 Å². The molecule has 164 valence electrons. The quantitative estimate of drug-likeness (QED) is 0.446. The Morgan fingerprint density at radius 2 is 1.97 bits per heavy atom. The van der Waals surface area contributed by atoms with Gasteiger partial charge in [-0.3, -0.25) is 4.79 Å². The third kappa shape index (κ3) is 4.73. The molecule has 0 radical (unpaired) electrons. The number of hydrogen-bond donors (Lipinski definition) is 1. The lowest BCUT2D eigenvalue weighted by molar-refractivity contribution is -0.142. The van der Waals surface area contributed by atoms with E-state index in [-0.39, 0.29) is 17.8 Å². The molecule has 1 aromatic heterocycles. The number of rotatable bonds is 6. The smallest absolute Gasteiger partial charge is 0.331 e. The minimum absolute atomic E-state index is 0.128. The van der Waals surface area contributed by atoms with E-state index in [1.807, 2.05) is 0 Å². The molecule has 0 unspecified atom stereocenters. The number of fused-ring (bicyclic) bond motifs is 1. The Morgan fingerprint density at radius 1 is 1.22 bits per heavy atom. The number of ether oxygens (including phenoxy) is 3. The average molecular weight is 458 g/mol. The van der Waals surface area contributed by atoms with Gasteiger partial charge >= 0.3 is 5.97 Å². The van der Waals surface area contributed by atoms with Crippen molar-refractivity contribution < 1.29 is 28.2 Å². The fourth-order valence-corrected chi connectivity index (χ4v) is 3.30. The van der Waals surface area contributed by atoms with Gasteiger partial charge in [-0.15, -0.1) is 0 Å². The molecule has 10 heteroatoms. The van der Waals surface area contributed by atoms with E-state index in [2.05, 4.69) is 10.4 Å². The third-order valence-electron chi connectivity index (χ3n) is 4.51. The van der Waals surface area contributed by atoms with E-state index < -0.39 is 18.5 Å². The SMILES string of the molecule is Cc1nn(-c2ccc(F)cc2)c(Cl)c1/C=C/C(=O)OCC(=O)Nc1ccc2c(c1)OCO2. The van der Waals surface area contributed by atoms with E-state index in [1.54, 1.807) is 25.1 Å². The van der Waals surface area contributed by atoms with Crippen molar-refractivity contribution in [1.29, 1.82) is 0 Å². The Balaban J connectivity index is 1.34. The van der Waals surface area contributed by atoms with Crippen LogP contribution in [0, 0.1) is 12.7 Å². The number of nitrogens with zero attached hydrogens (tertiary/aromatic N) is 2. The second-order valence-corrected chi connectivity index (χ2v) is 7.09. The van der Waals surface area contributed by atoms with Gasteiger partial charge in [0.15, 0.2) is 18.1 Å². The van der Waals surface area contributed by atoms with Crippen molar-refractivity contribution in [2.75, 3.05) is 18.7 Å². The van der Waals surface area contributed by atoms with Gasteiger partial charge in [-0.2, -0.15) is 5.10 Å². The second kappa shape index (κ2) is 9.11. The number of benzene rings is 2. The zero-order valence-corrected chi connectivity index (χ0v) is 17.6. The van der Waals surface area contributed by atoms with Gasteiger partial charge in [0.2, 0.25) is 6.79 Å². The summed E-state index contributed by atoms with van der Waals surface area (Å²) in [7, 11) is 0. The van der Waals surface area contributed by atoms with Crippen LogP contribution in [0.1, 0.15) is 11.3 Å². The Labute approximate surface area is 187 Å². The molecule has 4 rings (SSSR count). The van der Waals surface area contributed by atoms with E-state index in [4.69, 9.17) is 25.8 Å². The minimum atomic E-state index is -0.726. The van der Waals surface area contributed by atoms with Crippen LogP contribution in [-0.2, 0) is 14.3 Å². The first-order valence-corrected chi connectivity index (χ1v) is 9.84. The van der Waals surface area contributed by atoms with Gasteiger partial charge in [0.25, 0.3) is 5.91 Å². The Bertz CT molecular complexity index is 1210. The van der Waals surface area contributed by atoms with Gasteiger partial charge < -0.3 is 19.5 Å². The highest BCUT2D eigenvalue weighted by molar-refractivity contribution is 6.31. The predicted octanol–water partition coefficient (Wildman–Crippen LogP) is 3.90. The summed E-state index contributed by atoms with van der Waals surface area (Å²) in [5.41, 5.74) is 2.12. The van der Waals surface area contributed by atoms with Crippen LogP contribution in [0.4, 0.5) is 10.1 Å². The highest BCUT2D eigenvalue weighted by Gasteiger charge is 2.15. The van der Waals surface area contributed by atoms with Gasteiger partial charge in [0.05, 0.1) is 11.4 Å². The summed E-state index contributed by atoms with van der Waals surface area (Å²) in [6, 6.07) is 10.6. The fourth-order valence-electron chi connectivity index (χ4n) is 2.96. The molecule has 0 bridgehead atoms. The number of amides is 1. The van der Waals surface area contributed by atoms with E-state index in [0.717, 1.165) is 6.08 Å². The van der Waals surface area contributed by atoms with Crippen molar-refractivity contribution in [1.82, 2.24) is 9.78 Å². The van der Waals surface area contributed by atoms with Crippen LogP contribution < -0.4 is 14.8 Å². The van der Waals surface area contributed by atoms with E-state index in [1.165, 1.54) is 35.0 Å². The standard InChI is InChI=1S/C22H17ClFN3O5/c1-13-17(22(23)27(26-13)16-5-2-14(24)3-6-16)7-9-21(29)30-11-20(28)25-15-4-8-18-19(10-15)32-12-31-18/h2-10H,11-12H2,1H3,(H,25,28)/b9-7+. The monoisotopic (exact) mass is 457 g/mol. The maximum absolute atomic E-state index is 13.1. The molecule has 1 N–H and O–H groups in total. The van der Waals surface area contributed by atoms with Crippen LogP contribution in [0.15, 0.2) is 48.5 Å². The Morgan fingerprint density at radius 3 is 2.75 bits per heavy atom. The van der Waals surface area contributed by atoms with Crippen molar-refractivity contribution in [3.05, 3.63) is 70.8 Å². The van der Waals surface area contributed by atoms with Crippen LogP contribution in [0.5, 0.6) is 11.5 Å². The number of hydrogen-bond acceptors (Lipinski definition) is 6. The summed E-state index contributed by atoms with van der Waals surface area (Å²) in [5, 5.41) is 7.17. The Hall–Kier alpha value is -3.85. The van der Waals surface area contributed by atoms with Crippen molar-refractivity contribution >= 4 is 35.2 Å². The molecule has 0 spiro atoms. The summed E-state index contributed by atoms with van der Waals surface area (Å²) in [6.07, 6.45) is 2.60. The molecule has 1 aliphatic heterocycles. The maximum atomic E-state index is 13.1. The number of carbonyl (C=O) groups is 2. The number of aromatic nitrogens is 2. The van der Waals surface area contributed by atoms with Gasteiger partial charge in [0.1, 0.15) is 11.0 Å². The molecule has 3 aromatic rings. The van der Waals surface area contributed by atoms with Gasteiger partial charge in [-0.05, 0) is 49.4 Å². The van der Waals surface area contributed by atoms with E-state index in [9.17, 15) is 14.0 Å². The predicted molar refractivity (Wildman–Crippen MR) is 114 cm³/mol. The number of nitrogens with one attached hydrogen (secondary N) is 1. The summed E-state index contributed by atoms with van der Waals surface area (Å²) >= 11 is 6.37.